The Balaban J connectivity index is 2.09. The molecule has 2 aromatic rings. The SMILES string of the molecule is COc1cccc(CC(CN)Cc2ccc(C)cc2Cl)c1. The Morgan fingerprint density at radius 1 is 1.14 bits per heavy atom. The van der Waals surface area contributed by atoms with Gasteiger partial charge in [-0.2, -0.15) is 0 Å². The number of ether oxygens (including phenoxy) is 1. The second kappa shape index (κ2) is 7.48. The van der Waals surface area contributed by atoms with Crippen LogP contribution in [0.1, 0.15) is 16.7 Å². The molecular weight excluding hydrogens is 282 g/mol. The van der Waals surface area contributed by atoms with E-state index in [1.165, 1.54) is 16.7 Å². The Hall–Kier alpha value is -1.51. The summed E-state index contributed by atoms with van der Waals surface area (Å²) in [5.41, 5.74) is 9.54. The maximum atomic E-state index is 6.32. The third-order valence-electron chi connectivity index (χ3n) is 3.71. The van der Waals surface area contributed by atoms with Crippen molar-refractivity contribution in [2.45, 2.75) is 19.8 Å². The van der Waals surface area contributed by atoms with Gasteiger partial charge >= 0.3 is 0 Å². The zero-order valence-electron chi connectivity index (χ0n) is 12.6. The molecule has 0 bridgehead atoms. The van der Waals surface area contributed by atoms with Gasteiger partial charge in [0.25, 0.3) is 0 Å². The molecule has 1 unspecified atom stereocenters. The third kappa shape index (κ3) is 4.48. The van der Waals surface area contributed by atoms with Crippen LogP contribution < -0.4 is 10.5 Å². The number of benzene rings is 2. The topological polar surface area (TPSA) is 35.2 Å². The molecule has 0 amide bonds. The van der Waals surface area contributed by atoms with Crippen LogP contribution >= 0.6 is 11.6 Å². The fraction of sp³-hybridized carbons (Fsp3) is 0.333. The maximum absolute atomic E-state index is 6.32. The van der Waals surface area contributed by atoms with Crippen LogP contribution in [-0.4, -0.2) is 13.7 Å². The summed E-state index contributed by atoms with van der Waals surface area (Å²) in [5, 5.41) is 0.832. The highest BCUT2D eigenvalue weighted by atomic mass is 35.5. The molecule has 0 aliphatic rings. The molecule has 1 atom stereocenters. The molecule has 0 aliphatic heterocycles. The molecule has 0 fully saturated rings. The molecule has 2 N–H and O–H groups in total. The van der Waals surface area contributed by atoms with Crippen molar-refractivity contribution in [2.75, 3.05) is 13.7 Å². The molecule has 0 saturated carbocycles. The molecule has 2 rings (SSSR count). The van der Waals surface area contributed by atoms with Crippen LogP contribution in [-0.2, 0) is 12.8 Å². The Bertz CT molecular complexity index is 598. The first-order chi connectivity index (χ1) is 10.1. The standard InChI is InChI=1S/C18H22ClNO/c1-13-6-7-16(18(19)8-13)10-15(12-20)9-14-4-3-5-17(11-14)21-2/h3-8,11,15H,9-10,12,20H2,1-2H3. The molecule has 0 saturated heterocycles. The van der Waals surface area contributed by atoms with Crippen molar-refractivity contribution >= 4 is 11.6 Å². The van der Waals surface area contributed by atoms with E-state index in [2.05, 4.69) is 24.3 Å². The van der Waals surface area contributed by atoms with Crippen molar-refractivity contribution in [2.24, 2.45) is 11.7 Å². The Kier molecular flexibility index (Phi) is 5.66. The van der Waals surface area contributed by atoms with E-state index in [0.29, 0.717) is 12.5 Å². The van der Waals surface area contributed by atoms with Gasteiger partial charge in [-0.05, 0) is 67.1 Å². The second-order valence-electron chi connectivity index (χ2n) is 5.46. The predicted molar refractivity (Wildman–Crippen MR) is 89.1 cm³/mol. The lowest BCUT2D eigenvalue weighted by atomic mass is 9.92. The van der Waals surface area contributed by atoms with Crippen molar-refractivity contribution in [3.8, 4) is 5.75 Å². The number of halogens is 1. The highest BCUT2D eigenvalue weighted by Crippen LogP contribution is 2.23. The average molecular weight is 304 g/mol. The zero-order chi connectivity index (χ0) is 15.2. The Labute approximate surface area is 131 Å². The first kappa shape index (κ1) is 15.9. The van der Waals surface area contributed by atoms with E-state index in [1.807, 2.05) is 25.1 Å². The van der Waals surface area contributed by atoms with Gasteiger partial charge in [0.15, 0.2) is 0 Å². The maximum Gasteiger partial charge on any atom is 0.119 e. The summed E-state index contributed by atoms with van der Waals surface area (Å²) in [6.07, 6.45) is 1.82. The molecule has 3 heteroatoms. The summed E-state index contributed by atoms with van der Waals surface area (Å²) in [5.74, 6) is 1.26. The highest BCUT2D eigenvalue weighted by molar-refractivity contribution is 6.31. The minimum atomic E-state index is 0.373. The van der Waals surface area contributed by atoms with Gasteiger partial charge in [-0.15, -0.1) is 0 Å². The number of methoxy groups -OCH3 is 1. The molecule has 0 aromatic heterocycles. The minimum absolute atomic E-state index is 0.373. The summed E-state index contributed by atoms with van der Waals surface area (Å²) in [7, 11) is 1.69. The molecular formula is C18H22ClNO. The van der Waals surface area contributed by atoms with E-state index in [4.69, 9.17) is 22.1 Å². The summed E-state index contributed by atoms with van der Waals surface area (Å²) in [6.45, 7) is 2.69. The van der Waals surface area contributed by atoms with Gasteiger partial charge in [0.1, 0.15) is 5.75 Å². The lowest BCUT2D eigenvalue weighted by molar-refractivity contribution is 0.413. The first-order valence-corrected chi connectivity index (χ1v) is 7.58. The van der Waals surface area contributed by atoms with E-state index >= 15 is 0 Å². The first-order valence-electron chi connectivity index (χ1n) is 7.20. The van der Waals surface area contributed by atoms with Crippen molar-refractivity contribution in [1.29, 1.82) is 0 Å². The number of hydrogen-bond donors (Lipinski definition) is 1. The second-order valence-corrected chi connectivity index (χ2v) is 5.86. The average Bonchev–Trinajstić information content (AvgIpc) is 2.49. The molecule has 0 spiro atoms. The quantitative estimate of drug-likeness (QED) is 0.875. The third-order valence-corrected chi connectivity index (χ3v) is 4.06. The van der Waals surface area contributed by atoms with Gasteiger partial charge in [-0.3, -0.25) is 0 Å². The highest BCUT2D eigenvalue weighted by Gasteiger charge is 2.12. The molecule has 0 radical (unpaired) electrons. The van der Waals surface area contributed by atoms with Crippen LogP contribution in [0.3, 0.4) is 0 Å². The van der Waals surface area contributed by atoms with Crippen LogP contribution in [0.4, 0.5) is 0 Å². The van der Waals surface area contributed by atoms with Gasteiger partial charge in [-0.1, -0.05) is 35.9 Å². The van der Waals surface area contributed by atoms with Crippen LogP contribution in [0.2, 0.25) is 5.02 Å². The zero-order valence-corrected chi connectivity index (χ0v) is 13.4. The van der Waals surface area contributed by atoms with Gasteiger partial charge < -0.3 is 10.5 Å². The Morgan fingerprint density at radius 2 is 1.95 bits per heavy atom. The normalized spacial score (nSPS) is 12.2. The largest absolute Gasteiger partial charge is 0.497 e. The monoisotopic (exact) mass is 303 g/mol. The van der Waals surface area contributed by atoms with Crippen molar-refractivity contribution in [3.05, 3.63) is 64.2 Å². The van der Waals surface area contributed by atoms with E-state index in [9.17, 15) is 0 Å². The molecule has 112 valence electrons. The van der Waals surface area contributed by atoms with E-state index in [0.717, 1.165) is 23.6 Å². The van der Waals surface area contributed by atoms with Crippen LogP contribution in [0, 0.1) is 12.8 Å². The fourth-order valence-electron chi connectivity index (χ4n) is 2.50. The minimum Gasteiger partial charge on any atom is -0.497 e. The van der Waals surface area contributed by atoms with E-state index in [-0.39, 0.29) is 0 Å². The molecule has 0 aliphatic carbocycles. The van der Waals surface area contributed by atoms with Crippen LogP contribution in [0.15, 0.2) is 42.5 Å². The lowest BCUT2D eigenvalue weighted by Gasteiger charge is -2.16. The smallest absolute Gasteiger partial charge is 0.119 e. The van der Waals surface area contributed by atoms with Gasteiger partial charge in [0, 0.05) is 5.02 Å². The van der Waals surface area contributed by atoms with Crippen LogP contribution in [0.5, 0.6) is 5.75 Å². The predicted octanol–water partition coefficient (Wildman–Crippen LogP) is 4.02. The van der Waals surface area contributed by atoms with E-state index in [1.54, 1.807) is 7.11 Å². The van der Waals surface area contributed by atoms with Crippen molar-refractivity contribution < 1.29 is 4.74 Å². The molecule has 21 heavy (non-hydrogen) atoms. The van der Waals surface area contributed by atoms with Gasteiger partial charge in [-0.25, -0.2) is 0 Å². The Morgan fingerprint density at radius 3 is 2.62 bits per heavy atom. The summed E-state index contributed by atoms with van der Waals surface area (Å²) >= 11 is 6.32. The number of hydrogen-bond acceptors (Lipinski definition) is 2. The summed E-state index contributed by atoms with van der Waals surface area (Å²) in [6, 6.07) is 14.4. The summed E-state index contributed by atoms with van der Waals surface area (Å²) < 4.78 is 5.27. The van der Waals surface area contributed by atoms with Gasteiger partial charge in [0.2, 0.25) is 0 Å². The molecule has 2 nitrogen and oxygen atoms in total. The molecule has 0 heterocycles. The number of nitrogens with two attached hydrogens (primary N) is 1. The van der Waals surface area contributed by atoms with Crippen LogP contribution in [0.25, 0.3) is 0 Å². The fourth-order valence-corrected chi connectivity index (χ4v) is 2.81. The van der Waals surface area contributed by atoms with Crippen molar-refractivity contribution in [1.82, 2.24) is 0 Å². The summed E-state index contributed by atoms with van der Waals surface area (Å²) in [4.78, 5) is 0. The van der Waals surface area contributed by atoms with Crippen molar-refractivity contribution in [3.63, 3.8) is 0 Å². The van der Waals surface area contributed by atoms with Gasteiger partial charge in [0.05, 0.1) is 7.11 Å². The number of aryl methyl sites for hydroxylation is 1. The van der Waals surface area contributed by atoms with E-state index < -0.39 is 0 Å². The lowest BCUT2D eigenvalue weighted by Crippen LogP contribution is -2.19. The number of rotatable bonds is 6. The molecule has 2 aromatic carbocycles.